The average Bonchev–Trinajstić information content (AvgIpc) is 3.18. The predicted molar refractivity (Wildman–Crippen MR) is 78.7 cm³/mol. The first kappa shape index (κ1) is 13.9. The molecule has 0 aromatic heterocycles. The maximum Gasteiger partial charge on any atom is 0.328 e. The number of hydrogen-bond donors (Lipinski definition) is 1. The van der Waals surface area contributed by atoms with Gasteiger partial charge in [0.2, 0.25) is 0 Å². The fraction of sp³-hybridized carbons (Fsp3) is 0.400. The van der Waals surface area contributed by atoms with Gasteiger partial charge in [0.1, 0.15) is 0 Å². The molecule has 1 aromatic carbocycles. The Balaban J connectivity index is 2.14. The number of anilines is 1. The van der Waals surface area contributed by atoms with E-state index in [0.29, 0.717) is 5.02 Å². The third kappa shape index (κ3) is 4.00. The lowest BCUT2D eigenvalue weighted by Crippen LogP contribution is -2.25. The SMILES string of the molecule is CCN(CC1CC1)c1ccc(/C=C/C(=O)O)c(Cl)c1. The molecule has 1 fully saturated rings. The molecule has 3 nitrogen and oxygen atoms in total. The molecule has 0 heterocycles. The molecule has 1 aromatic rings. The van der Waals surface area contributed by atoms with Crippen LogP contribution in [-0.2, 0) is 4.79 Å². The van der Waals surface area contributed by atoms with Gasteiger partial charge < -0.3 is 10.0 Å². The highest BCUT2D eigenvalue weighted by Crippen LogP contribution is 2.32. The lowest BCUT2D eigenvalue weighted by Gasteiger charge is -2.23. The number of carboxylic acid groups (broad SMARTS) is 1. The first-order chi connectivity index (χ1) is 9.10. The van der Waals surface area contributed by atoms with Crippen LogP contribution < -0.4 is 4.90 Å². The Morgan fingerprint density at radius 3 is 2.79 bits per heavy atom. The number of carbonyl (C=O) groups is 1. The van der Waals surface area contributed by atoms with E-state index in [-0.39, 0.29) is 0 Å². The van der Waals surface area contributed by atoms with E-state index in [1.54, 1.807) is 0 Å². The van der Waals surface area contributed by atoms with Crippen LogP contribution in [0.15, 0.2) is 24.3 Å². The number of carboxylic acids is 1. The Morgan fingerprint density at radius 2 is 2.26 bits per heavy atom. The summed E-state index contributed by atoms with van der Waals surface area (Å²) < 4.78 is 0. The second-order valence-electron chi connectivity index (χ2n) is 4.86. The molecule has 0 radical (unpaired) electrons. The van der Waals surface area contributed by atoms with Crippen molar-refractivity contribution in [2.75, 3.05) is 18.0 Å². The van der Waals surface area contributed by atoms with Gasteiger partial charge in [-0.15, -0.1) is 0 Å². The van der Waals surface area contributed by atoms with Crippen LogP contribution in [0.5, 0.6) is 0 Å². The molecule has 0 bridgehead atoms. The van der Waals surface area contributed by atoms with E-state index >= 15 is 0 Å². The summed E-state index contributed by atoms with van der Waals surface area (Å²) in [5, 5.41) is 9.20. The quantitative estimate of drug-likeness (QED) is 0.808. The highest BCUT2D eigenvalue weighted by molar-refractivity contribution is 6.32. The van der Waals surface area contributed by atoms with Crippen molar-refractivity contribution in [1.29, 1.82) is 0 Å². The van der Waals surface area contributed by atoms with Crippen LogP contribution in [0.2, 0.25) is 5.02 Å². The molecule has 0 aliphatic heterocycles. The maximum absolute atomic E-state index is 10.5. The largest absolute Gasteiger partial charge is 0.478 e. The van der Waals surface area contributed by atoms with Gasteiger partial charge in [0.05, 0.1) is 0 Å². The Morgan fingerprint density at radius 1 is 1.53 bits per heavy atom. The molecule has 4 heteroatoms. The molecule has 1 aliphatic carbocycles. The molecular weight excluding hydrogens is 262 g/mol. The van der Waals surface area contributed by atoms with Crippen molar-refractivity contribution >= 4 is 29.3 Å². The minimum absolute atomic E-state index is 0.587. The Hall–Kier alpha value is -1.48. The van der Waals surface area contributed by atoms with Crippen LogP contribution in [0, 0.1) is 5.92 Å². The van der Waals surface area contributed by atoms with E-state index in [1.807, 2.05) is 18.2 Å². The van der Waals surface area contributed by atoms with Crippen LogP contribution in [0.3, 0.4) is 0 Å². The molecule has 0 spiro atoms. The zero-order valence-electron chi connectivity index (χ0n) is 11.0. The van der Waals surface area contributed by atoms with E-state index < -0.39 is 5.97 Å². The van der Waals surface area contributed by atoms with Gasteiger partial charge in [-0.05, 0) is 49.5 Å². The third-order valence-corrected chi connectivity index (χ3v) is 3.64. The molecule has 1 N–H and O–H groups in total. The Labute approximate surface area is 118 Å². The van der Waals surface area contributed by atoms with E-state index in [1.165, 1.54) is 18.9 Å². The maximum atomic E-state index is 10.5. The number of aliphatic carboxylic acids is 1. The standard InChI is InChI=1S/C15H18ClNO2/c1-2-17(10-11-3-4-11)13-7-5-12(14(16)9-13)6-8-15(18)19/h5-9,11H,2-4,10H2,1H3,(H,18,19)/b8-6+. The van der Waals surface area contributed by atoms with Gasteiger partial charge in [-0.25, -0.2) is 4.79 Å². The fourth-order valence-corrected chi connectivity index (χ4v) is 2.28. The molecule has 0 atom stereocenters. The first-order valence-corrected chi connectivity index (χ1v) is 6.93. The van der Waals surface area contributed by atoms with Gasteiger partial charge in [0, 0.05) is 29.9 Å². The van der Waals surface area contributed by atoms with Crippen LogP contribution in [0.25, 0.3) is 6.08 Å². The molecule has 0 unspecified atom stereocenters. The van der Waals surface area contributed by atoms with Gasteiger partial charge in [-0.3, -0.25) is 0 Å². The summed E-state index contributed by atoms with van der Waals surface area (Å²) >= 11 is 6.20. The molecule has 102 valence electrons. The average molecular weight is 280 g/mol. The summed E-state index contributed by atoms with van der Waals surface area (Å²) in [4.78, 5) is 12.8. The molecule has 1 saturated carbocycles. The minimum atomic E-state index is -0.968. The van der Waals surface area contributed by atoms with Crippen molar-refractivity contribution in [3.63, 3.8) is 0 Å². The number of rotatable bonds is 6. The molecule has 19 heavy (non-hydrogen) atoms. The van der Waals surface area contributed by atoms with Crippen molar-refractivity contribution in [2.24, 2.45) is 5.92 Å². The summed E-state index contributed by atoms with van der Waals surface area (Å²) in [7, 11) is 0. The highest BCUT2D eigenvalue weighted by atomic mass is 35.5. The fourth-order valence-electron chi connectivity index (χ4n) is 2.04. The van der Waals surface area contributed by atoms with Gasteiger partial charge in [0.25, 0.3) is 0 Å². The molecular formula is C15H18ClNO2. The van der Waals surface area contributed by atoms with Crippen molar-refractivity contribution in [1.82, 2.24) is 0 Å². The van der Waals surface area contributed by atoms with Gasteiger partial charge >= 0.3 is 5.97 Å². The van der Waals surface area contributed by atoms with E-state index in [2.05, 4.69) is 11.8 Å². The number of nitrogens with zero attached hydrogens (tertiary/aromatic N) is 1. The first-order valence-electron chi connectivity index (χ1n) is 6.55. The number of hydrogen-bond acceptors (Lipinski definition) is 2. The second kappa shape index (κ2) is 6.11. The number of halogens is 1. The van der Waals surface area contributed by atoms with Gasteiger partial charge in [0.15, 0.2) is 0 Å². The topological polar surface area (TPSA) is 40.5 Å². The number of benzene rings is 1. The highest BCUT2D eigenvalue weighted by Gasteiger charge is 2.24. The second-order valence-corrected chi connectivity index (χ2v) is 5.27. The van der Waals surface area contributed by atoms with Gasteiger partial charge in [-0.1, -0.05) is 17.7 Å². The Bertz CT molecular complexity index is 495. The van der Waals surface area contributed by atoms with Crippen LogP contribution in [0.4, 0.5) is 5.69 Å². The summed E-state index contributed by atoms with van der Waals surface area (Å²) in [5.74, 6) is -0.144. The summed E-state index contributed by atoms with van der Waals surface area (Å²) in [6, 6.07) is 5.78. The van der Waals surface area contributed by atoms with Crippen molar-refractivity contribution in [3.05, 3.63) is 34.9 Å². The summed E-state index contributed by atoms with van der Waals surface area (Å²) in [6.45, 7) is 4.17. The van der Waals surface area contributed by atoms with Crippen molar-refractivity contribution in [3.8, 4) is 0 Å². The zero-order chi connectivity index (χ0) is 13.8. The Kier molecular flexibility index (Phi) is 4.48. The lowest BCUT2D eigenvalue weighted by molar-refractivity contribution is -0.131. The molecule has 0 saturated heterocycles. The minimum Gasteiger partial charge on any atom is -0.478 e. The van der Waals surface area contributed by atoms with E-state index in [0.717, 1.165) is 36.3 Å². The van der Waals surface area contributed by atoms with Crippen LogP contribution in [-0.4, -0.2) is 24.2 Å². The normalized spacial score (nSPS) is 14.8. The van der Waals surface area contributed by atoms with E-state index in [4.69, 9.17) is 16.7 Å². The lowest BCUT2D eigenvalue weighted by atomic mass is 10.1. The predicted octanol–water partition coefficient (Wildman–Crippen LogP) is 3.67. The van der Waals surface area contributed by atoms with Crippen molar-refractivity contribution in [2.45, 2.75) is 19.8 Å². The summed E-state index contributed by atoms with van der Waals surface area (Å²) in [5.41, 5.74) is 1.84. The summed E-state index contributed by atoms with van der Waals surface area (Å²) in [6.07, 6.45) is 5.27. The monoisotopic (exact) mass is 279 g/mol. The van der Waals surface area contributed by atoms with Crippen molar-refractivity contribution < 1.29 is 9.90 Å². The zero-order valence-corrected chi connectivity index (χ0v) is 11.7. The molecule has 0 amide bonds. The van der Waals surface area contributed by atoms with Gasteiger partial charge in [-0.2, -0.15) is 0 Å². The van der Waals surface area contributed by atoms with Crippen LogP contribution >= 0.6 is 11.6 Å². The third-order valence-electron chi connectivity index (χ3n) is 3.31. The van der Waals surface area contributed by atoms with E-state index in [9.17, 15) is 4.79 Å². The molecule has 1 aliphatic rings. The van der Waals surface area contributed by atoms with Crippen LogP contribution in [0.1, 0.15) is 25.3 Å². The smallest absolute Gasteiger partial charge is 0.328 e. The molecule has 2 rings (SSSR count).